The average molecular weight is 399 g/mol. The van der Waals surface area contributed by atoms with Crippen LogP contribution in [0.25, 0.3) is 16.9 Å². The van der Waals surface area contributed by atoms with Crippen molar-refractivity contribution in [3.05, 3.63) is 66.0 Å². The number of rotatable bonds is 4. The molecule has 3 heterocycles. The molecule has 3 aromatic heterocycles. The van der Waals surface area contributed by atoms with Crippen molar-refractivity contribution in [1.29, 1.82) is 0 Å². The lowest BCUT2D eigenvalue weighted by atomic mass is 10.1. The highest BCUT2D eigenvalue weighted by atomic mass is 19.1. The predicted molar refractivity (Wildman–Crippen MR) is 103 cm³/mol. The van der Waals surface area contributed by atoms with Crippen LogP contribution in [0.4, 0.5) is 30.5 Å². The molecule has 0 fully saturated rings. The number of benzene rings is 1. The molecule has 0 aliphatic rings. The molecule has 1 aromatic carbocycles. The first-order chi connectivity index (χ1) is 13.8. The van der Waals surface area contributed by atoms with Gasteiger partial charge in [-0.2, -0.15) is 0 Å². The molecule has 0 radical (unpaired) electrons. The summed E-state index contributed by atoms with van der Waals surface area (Å²) >= 11 is 0. The second-order valence-corrected chi connectivity index (χ2v) is 6.47. The van der Waals surface area contributed by atoms with E-state index in [1.54, 1.807) is 6.92 Å². The van der Waals surface area contributed by atoms with Crippen molar-refractivity contribution in [3.8, 4) is 11.3 Å². The van der Waals surface area contributed by atoms with Gasteiger partial charge in [0, 0.05) is 17.8 Å². The largest absolute Gasteiger partial charge is 0.393 e. The van der Waals surface area contributed by atoms with Crippen molar-refractivity contribution in [2.75, 3.05) is 16.8 Å². The Balaban J connectivity index is 1.88. The van der Waals surface area contributed by atoms with Crippen LogP contribution in [0, 0.1) is 17.5 Å². The highest BCUT2D eigenvalue weighted by molar-refractivity contribution is 5.74. The molecule has 0 unspecified atom stereocenters. The third-order valence-electron chi connectivity index (χ3n) is 4.42. The van der Waals surface area contributed by atoms with Crippen LogP contribution in [-0.2, 0) is 0 Å². The number of nitrogens with two attached hydrogens (primary N) is 2. The van der Waals surface area contributed by atoms with Gasteiger partial charge in [0.05, 0.1) is 17.4 Å². The lowest BCUT2D eigenvalue weighted by molar-refractivity contribution is 0.584. The lowest BCUT2D eigenvalue weighted by Crippen LogP contribution is -2.13. The molecule has 0 aliphatic heterocycles. The van der Waals surface area contributed by atoms with Crippen LogP contribution < -0.4 is 16.8 Å². The van der Waals surface area contributed by atoms with E-state index in [1.807, 2.05) is 0 Å². The monoisotopic (exact) mass is 399 g/mol. The summed E-state index contributed by atoms with van der Waals surface area (Å²) in [5, 5.41) is 3.07. The van der Waals surface area contributed by atoms with Crippen molar-refractivity contribution in [3.63, 3.8) is 0 Å². The SMILES string of the molecule is C[C@H](Nc1ncnc(N)c1N)c1nc2ccc(F)cn2c1-c1cc(F)cc(F)c1. The third kappa shape index (κ3) is 3.40. The first kappa shape index (κ1) is 18.5. The maximum absolute atomic E-state index is 13.9. The van der Waals surface area contributed by atoms with Crippen LogP contribution in [0.2, 0.25) is 0 Å². The van der Waals surface area contributed by atoms with Crippen LogP contribution in [0.5, 0.6) is 0 Å². The predicted octanol–water partition coefficient (Wildman–Crippen LogP) is 3.55. The van der Waals surface area contributed by atoms with E-state index in [4.69, 9.17) is 11.5 Å². The minimum atomic E-state index is -0.759. The van der Waals surface area contributed by atoms with Gasteiger partial charge in [0.25, 0.3) is 0 Å². The molecule has 10 heteroatoms. The van der Waals surface area contributed by atoms with Gasteiger partial charge >= 0.3 is 0 Å². The van der Waals surface area contributed by atoms with E-state index in [9.17, 15) is 13.2 Å². The number of nitrogens with one attached hydrogen (secondary N) is 1. The van der Waals surface area contributed by atoms with Crippen LogP contribution in [0.15, 0.2) is 42.9 Å². The van der Waals surface area contributed by atoms with Gasteiger partial charge < -0.3 is 16.8 Å². The van der Waals surface area contributed by atoms with Crippen LogP contribution in [0.1, 0.15) is 18.7 Å². The second kappa shape index (κ2) is 6.97. The number of aromatic nitrogens is 4. The molecule has 4 rings (SSSR count). The first-order valence-corrected chi connectivity index (χ1v) is 8.60. The number of fused-ring (bicyclic) bond motifs is 1. The van der Waals surface area contributed by atoms with E-state index >= 15 is 0 Å². The Kier molecular flexibility index (Phi) is 4.45. The maximum atomic E-state index is 13.9. The zero-order valence-electron chi connectivity index (χ0n) is 15.2. The summed E-state index contributed by atoms with van der Waals surface area (Å²) in [6.45, 7) is 1.76. The fourth-order valence-electron chi connectivity index (χ4n) is 3.11. The van der Waals surface area contributed by atoms with Crippen molar-refractivity contribution < 1.29 is 13.2 Å². The molecule has 1 atom stereocenters. The van der Waals surface area contributed by atoms with Gasteiger partial charge in [-0.15, -0.1) is 0 Å². The maximum Gasteiger partial charge on any atom is 0.155 e. The minimum absolute atomic E-state index is 0.110. The molecule has 4 aromatic rings. The van der Waals surface area contributed by atoms with Gasteiger partial charge in [0.1, 0.15) is 35.1 Å². The van der Waals surface area contributed by atoms with Crippen molar-refractivity contribution in [2.24, 2.45) is 0 Å². The number of nitrogens with zero attached hydrogens (tertiary/aromatic N) is 4. The Bertz CT molecular complexity index is 1200. The van der Waals surface area contributed by atoms with E-state index in [-0.39, 0.29) is 22.9 Å². The Labute approximate surface area is 163 Å². The number of hydrogen-bond donors (Lipinski definition) is 3. The topological polar surface area (TPSA) is 107 Å². The molecule has 0 aliphatic carbocycles. The zero-order valence-corrected chi connectivity index (χ0v) is 15.2. The first-order valence-electron chi connectivity index (χ1n) is 8.60. The zero-order chi connectivity index (χ0) is 20.7. The number of nitrogen functional groups attached to an aromatic ring is 2. The van der Waals surface area contributed by atoms with Crippen molar-refractivity contribution in [2.45, 2.75) is 13.0 Å². The quantitative estimate of drug-likeness (QED) is 0.485. The van der Waals surface area contributed by atoms with E-state index < -0.39 is 23.5 Å². The number of pyridine rings is 1. The molecule has 0 spiro atoms. The summed E-state index contributed by atoms with van der Waals surface area (Å²) in [6, 6.07) is 5.29. The molecule has 5 N–H and O–H groups in total. The average Bonchev–Trinajstić information content (AvgIpc) is 3.03. The summed E-state index contributed by atoms with van der Waals surface area (Å²) < 4.78 is 43.1. The van der Waals surface area contributed by atoms with Gasteiger partial charge in [-0.3, -0.25) is 4.40 Å². The fourth-order valence-corrected chi connectivity index (χ4v) is 3.11. The molecular weight excluding hydrogens is 383 g/mol. The third-order valence-corrected chi connectivity index (χ3v) is 4.42. The van der Waals surface area contributed by atoms with Gasteiger partial charge in [0.15, 0.2) is 11.6 Å². The van der Waals surface area contributed by atoms with Crippen molar-refractivity contribution >= 4 is 23.0 Å². The highest BCUT2D eigenvalue weighted by Gasteiger charge is 2.22. The molecule has 7 nitrogen and oxygen atoms in total. The van der Waals surface area contributed by atoms with Gasteiger partial charge in [-0.05, 0) is 31.2 Å². The Hall–Kier alpha value is -3.82. The summed E-state index contributed by atoms with van der Waals surface area (Å²) in [5.41, 5.74) is 13.1. The smallest absolute Gasteiger partial charge is 0.155 e. The fraction of sp³-hybridized carbons (Fsp3) is 0.105. The molecule has 29 heavy (non-hydrogen) atoms. The van der Waals surface area contributed by atoms with E-state index in [1.165, 1.54) is 29.1 Å². The summed E-state index contributed by atoms with van der Waals surface area (Å²) in [6.07, 6.45) is 2.45. The molecule has 0 saturated heterocycles. The van der Waals surface area contributed by atoms with Gasteiger partial charge in [-0.25, -0.2) is 28.1 Å². The van der Waals surface area contributed by atoms with E-state index in [2.05, 4.69) is 20.3 Å². The van der Waals surface area contributed by atoms with E-state index in [0.717, 1.165) is 18.2 Å². The molecular formula is C19H16F3N7. The number of hydrogen-bond acceptors (Lipinski definition) is 6. The highest BCUT2D eigenvalue weighted by Crippen LogP contribution is 2.33. The number of imidazole rings is 1. The van der Waals surface area contributed by atoms with Crippen LogP contribution in [0.3, 0.4) is 0 Å². The number of halogens is 3. The normalized spacial score (nSPS) is 12.3. The summed E-state index contributed by atoms with van der Waals surface area (Å²) in [4.78, 5) is 12.4. The van der Waals surface area contributed by atoms with Gasteiger partial charge in [0.2, 0.25) is 0 Å². The summed E-state index contributed by atoms with van der Waals surface area (Å²) in [5.74, 6) is -1.65. The molecule has 148 valence electrons. The Morgan fingerprint density at radius 3 is 2.45 bits per heavy atom. The minimum Gasteiger partial charge on any atom is -0.393 e. The van der Waals surface area contributed by atoms with Gasteiger partial charge in [-0.1, -0.05) is 0 Å². The number of anilines is 3. The Morgan fingerprint density at radius 1 is 1.00 bits per heavy atom. The summed E-state index contributed by atoms with van der Waals surface area (Å²) in [7, 11) is 0. The molecule has 0 amide bonds. The van der Waals surface area contributed by atoms with E-state index in [0.29, 0.717) is 17.0 Å². The standard InChI is InChI=1S/C19H16F3N7/c1-9(27-19-15(23)18(24)25-8-26-19)16-17(10-4-12(21)6-13(22)5-10)29-7-11(20)2-3-14(29)28-16/h2-9H,23H2,1H3,(H3,24,25,26,27)/t9-/m0/s1. The van der Waals surface area contributed by atoms with Crippen LogP contribution in [-0.4, -0.2) is 19.4 Å². The van der Waals surface area contributed by atoms with Crippen molar-refractivity contribution in [1.82, 2.24) is 19.4 Å². The Morgan fingerprint density at radius 2 is 1.72 bits per heavy atom. The molecule has 0 bridgehead atoms. The van der Waals surface area contributed by atoms with Crippen LogP contribution >= 0.6 is 0 Å². The second-order valence-electron chi connectivity index (χ2n) is 6.47. The lowest BCUT2D eigenvalue weighted by Gasteiger charge is -2.16. The molecule has 0 saturated carbocycles.